The monoisotopic (exact) mass is 408 g/mol. The Morgan fingerprint density at radius 2 is 2.24 bits per heavy atom. The summed E-state index contributed by atoms with van der Waals surface area (Å²) in [6.45, 7) is 1.88. The molecule has 2 rings (SSSR count). The number of benzene rings is 1. The zero-order valence-corrected chi connectivity index (χ0v) is 13.2. The zero-order chi connectivity index (χ0) is 12.4. The topological polar surface area (TPSA) is 41.1 Å². The number of carbonyl (C=O) groups is 1. The summed E-state index contributed by atoms with van der Waals surface area (Å²) in [7, 11) is 0. The summed E-state index contributed by atoms with van der Waals surface area (Å²) in [6, 6.07) is 6.19. The molecule has 1 aromatic carbocycles. The maximum Gasteiger partial charge on any atom is 0.242 e. The van der Waals surface area contributed by atoms with E-state index in [1.165, 1.54) is 0 Å². The number of nitrogens with one attached hydrogen (secondary N) is 2. The van der Waals surface area contributed by atoms with E-state index in [1.54, 1.807) is 0 Å². The second kappa shape index (κ2) is 5.56. The van der Waals surface area contributed by atoms with E-state index < -0.39 is 0 Å². The van der Waals surface area contributed by atoms with Crippen LogP contribution in [-0.4, -0.2) is 18.0 Å². The number of rotatable bonds is 4. The molecule has 2 N–H and O–H groups in total. The largest absolute Gasteiger partial charge is 0.373 e. The molecule has 1 atom stereocenters. The van der Waals surface area contributed by atoms with Gasteiger partial charge in [0.2, 0.25) is 5.91 Å². The number of amides is 1. The smallest absolute Gasteiger partial charge is 0.242 e. The zero-order valence-electron chi connectivity index (χ0n) is 9.47. The van der Waals surface area contributed by atoms with Crippen LogP contribution in [0.25, 0.3) is 0 Å². The van der Waals surface area contributed by atoms with Crippen molar-refractivity contribution in [1.82, 2.24) is 5.32 Å². The van der Waals surface area contributed by atoms with Gasteiger partial charge in [-0.2, -0.15) is 0 Å². The van der Waals surface area contributed by atoms with E-state index in [1.807, 2.05) is 25.1 Å². The van der Waals surface area contributed by atoms with Crippen LogP contribution < -0.4 is 10.6 Å². The van der Waals surface area contributed by atoms with Gasteiger partial charge in [0, 0.05) is 19.8 Å². The van der Waals surface area contributed by atoms with Crippen molar-refractivity contribution in [3.63, 3.8) is 0 Å². The molecule has 0 aliphatic heterocycles. The minimum atomic E-state index is -0.210. The predicted octanol–water partition coefficient (Wildman–Crippen LogP) is 3.13. The molecule has 92 valence electrons. The molecule has 0 spiro atoms. The summed E-state index contributed by atoms with van der Waals surface area (Å²) in [5.74, 6) is 0.0725. The molecule has 1 amide bonds. The van der Waals surface area contributed by atoms with E-state index >= 15 is 0 Å². The second-order valence-corrected chi connectivity index (χ2v) is 6.35. The average molecular weight is 409 g/mol. The normalized spacial score (nSPS) is 16.4. The number of carbonyl (C=O) groups excluding carboxylic acids is 1. The van der Waals surface area contributed by atoms with E-state index in [2.05, 4.69) is 49.2 Å². The predicted molar refractivity (Wildman–Crippen MR) is 81.1 cm³/mol. The van der Waals surface area contributed by atoms with E-state index in [9.17, 15) is 4.79 Å². The summed E-state index contributed by atoms with van der Waals surface area (Å²) in [4.78, 5) is 11.8. The second-order valence-electron chi connectivity index (χ2n) is 4.27. The number of hydrogen-bond acceptors (Lipinski definition) is 2. The van der Waals surface area contributed by atoms with Gasteiger partial charge in [0.1, 0.15) is 6.04 Å². The molecule has 0 heterocycles. The number of hydrogen-bond donors (Lipinski definition) is 2. The Kier molecular flexibility index (Phi) is 4.30. The lowest BCUT2D eigenvalue weighted by atomic mass is 10.2. The first-order chi connectivity index (χ1) is 8.06. The summed E-state index contributed by atoms with van der Waals surface area (Å²) >= 11 is 5.69. The first-order valence-electron chi connectivity index (χ1n) is 5.58. The van der Waals surface area contributed by atoms with Crippen LogP contribution >= 0.6 is 38.5 Å². The molecule has 5 heteroatoms. The van der Waals surface area contributed by atoms with E-state index in [0.29, 0.717) is 6.04 Å². The molecule has 17 heavy (non-hydrogen) atoms. The molecular weight excluding hydrogens is 395 g/mol. The Hall–Kier alpha value is -0.300. The van der Waals surface area contributed by atoms with E-state index in [-0.39, 0.29) is 11.9 Å². The van der Waals surface area contributed by atoms with Gasteiger partial charge < -0.3 is 10.6 Å². The highest BCUT2D eigenvalue weighted by Gasteiger charge is 2.25. The summed E-state index contributed by atoms with van der Waals surface area (Å²) in [6.07, 6.45) is 2.24. The van der Waals surface area contributed by atoms with Crippen molar-refractivity contribution in [2.45, 2.75) is 31.8 Å². The van der Waals surface area contributed by atoms with Crippen LogP contribution in [0.3, 0.4) is 0 Å². The fourth-order valence-electron chi connectivity index (χ4n) is 1.46. The molecule has 0 radical (unpaired) electrons. The van der Waals surface area contributed by atoms with E-state index in [4.69, 9.17) is 0 Å². The molecule has 0 aromatic heterocycles. The van der Waals surface area contributed by atoms with Gasteiger partial charge in [-0.15, -0.1) is 0 Å². The van der Waals surface area contributed by atoms with E-state index in [0.717, 1.165) is 26.6 Å². The Morgan fingerprint density at radius 1 is 1.53 bits per heavy atom. The third-order valence-electron chi connectivity index (χ3n) is 2.62. The van der Waals surface area contributed by atoms with Crippen LogP contribution in [-0.2, 0) is 4.79 Å². The van der Waals surface area contributed by atoms with Crippen molar-refractivity contribution in [2.24, 2.45) is 0 Å². The quantitative estimate of drug-likeness (QED) is 0.751. The maximum atomic E-state index is 11.8. The van der Waals surface area contributed by atoms with Crippen molar-refractivity contribution < 1.29 is 4.79 Å². The molecule has 1 unspecified atom stereocenters. The van der Waals surface area contributed by atoms with Crippen molar-refractivity contribution in [1.29, 1.82) is 0 Å². The minimum absolute atomic E-state index is 0.0725. The van der Waals surface area contributed by atoms with Crippen molar-refractivity contribution in [2.75, 3.05) is 5.32 Å². The Balaban J connectivity index is 1.98. The Bertz CT molecular complexity index is 435. The minimum Gasteiger partial charge on any atom is -0.373 e. The Labute approximate surface area is 123 Å². The highest BCUT2D eigenvalue weighted by molar-refractivity contribution is 14.1. The first-order valence-corrected chi connectivity index (χ1v) is 7.45. The lowest BCUT2D eigenvalue weighted by Crippen LogP contribution is -2.38. The van der Waals surface area contributed by atoms with Crippen LogP contribution in [0.1, 0.15) is 19.8 Å². The molecule has 0 bridgehead atoms. The maximum absolute atomic E-state index is 11.8. The van der Waals surface area contributed by atoms with Crippen LogP contribution in [0, 0.1) is 3.57 Å². The lowest BCUT2D eigenvalue weighted by Gasteiger charge is -2.16. The van der Waals surface area contributed by atoms with Gasteiger partial charge in [0.15, 0.2) is 0 Å². The molecular formula is C12H14BrIN2O. The third-order valence-corrected chi connectivity index (χ3v) is 4.05. The molecule has 1 saturated carbocycles. The number of anilines is 1. The van der Waals surface area contributed by atoms with Crippen molar-refractivity contribution in [3.8, 4) is 0 Å². The molecule has 0 saturated heterocycles. The lowest BCUT2D eigenvalue weighted by molar-refractivity contribution is -0.121. The summed E-state index contributed by atoms with van der Waals surface area (Å²) in [5.41, 5.74) is 0.985. The SMILES string of the molecule is CC(Nc1cc(Br)ccc1I)C(=O)NC1CC1. The van der Waals surface area contributed by atoms with Gasteiger partial charge >= 0.3 is 0 Å². The first kappa shape index (κ1) is 13.1. The van der Waals surface area contributed by atoms with Crippen LogP contribution in [0.2, 0.25) is 0 Å². The van der Waals surface area contributed by atoms with Crippen molar-refractivity contribution >= 4 is 50.1 Å². The van der Waals surface area contributed by atoms with Gasteiger partial charge in [-0.1, -0.05) is 15.9 Å². The molecule has 1 aliphatic rings. The van der Waals surface area contributed by atoms with Gasteiger partial charge in [-0.3, -0.25) is 4.79 Å². The Morgan fingerprint density at radius 3 is 2.88 bits per heavy atom. The fourth-order valence-corrected chi connectivity index (χ4v) is 2.31. The molecule has 1 aliphatic carbocycles. The molecule has 1 fully saturated rings. The number of halogens is 2. The van der Waals surface area contributed by atoms with Crippen LogP contribution in [0.5, 0.6) is 0 Å². The third kappa shape index (κ3) is 3.84. The summed E-state index contributed by atoms with van der Waals surface area (Å²) in [5, 5.41) is 6.23. The highest BCUT2D eigenvalue weighted by atomic mass is 127. The van der Waals surface area contributed by atoms with Crippen molar-refractivity contribution in [3.05, 3.63) is 26.2 Å². The highest BCUT2D eigenvalue weighted by Crippen LogP contribution is 2.24. The van der Waals surface area contributed by atoms with Gasteiger partial charge in [0.05, 0.1) is 0 Å². The molecule has 3 nitrogen and oxygen atoms in total. The van der Waals surface area contributed by atoms with Gasteiger partial charge in [0.25, 0.3) is 0 Å². The fraction of sp³-hybridized carbons (Fsp3) is 0.417. The van der Waals surface area contributed by atoms with Crippen LogP contribution in [0.4, 0.5) is 5.69 Å². The summed E-state index contributed by atoms with van der Waals surface area (Å²) < 4.78 is 2.12. The standard InChI is InChI=1S/C12H14BrIN2O/c1-7(12(17)16-9-3-4-9)15-11-6-8(13)2-5-10(11)14/h2,5-7,9,15H,3-4H2,1H3,(H,16,17). The van der Waals surface area contributed by atoms with Gasteiger partial charge in [-0.25, -0.2) is 0 Å². The average Bonchev–Trinajstić information content (AvgIpc) is 3.07. The molecule has 1 aromatic rings. The van der Waals surface area contributed by atoms with Gasteiger partial charge in [-0.05, 0) is 60.6 Å². The van der Waals surface area contributed by atoms with Crippen LogP contribution in [0.15, 0.2) is 22.7 Å².